The van der Waals surface area contributed by atoms with E-state index in [-0.39, 0.29) is 29.1 Å². The van der Waals surface area contributed by atoms with E-state index in [0.717, 1.165) is 47.8 Å². The van der Waals surface area contributed by atoms with Crippen LogP contribution in [0.15, 0.2) is 59.0 Å². The monoisotopic (exact) mass is 544 g/mol. The van der Waals surface area contributed by atoms with E-state index in [1.807, 2.05) is 34.2 Å². The number of halogens is 2. The van der Waals surface area contributed by atoms with Crippen molar-refractivity contribution in [1.29, 1.82) is 0 Å². The normalized spacial score (nSPS) is 24.4. The lowest BCUT2D eigenvalue weighted by molar-refractivity contribution is -0.0247. The van der Waals surface area contributed by atoms with E-state index in [1.54, 1.807) is 16.3 Å². The number of hydrogen-bond donors (Lipinski definition) is 1. The standard InChI is InChI=1S/C29H22F2N4O3S/c30-19-10-9-18-21(22(19)31)23-27(39-13-32-23)17-4-2-1-3-16(17)24(18)35-28-14-5-7-15(8-6-14)34(28)29(38)25-26(37)20(36)11-12-33(25)35/h1-4,9-15,24,28,37H,5-8H2/t14?,15?,24-,28?/m1/s1. The minimum Gasteiger partial charge on any atom is -0.502 e. The molecule has 2 aromatic carbocycles. The van der Waals surface area contributed by atoms with Gasteiger partial charge in [-0.05, 0) is 54.4 Å². The molecule has 2 bridgehead atoms. The number of benzene rings is 2. The molecule has 7 nitrogen and oxygen atoms in total. The van der Waals surface area contributed by atoms with Crippen LogP contribution < -0.4 is 10.4 Å². The van der Waals surface area contributed by atoms with Crippen LogP contribution in [0.5, 0.6) is 5.75 Å². The second-order valence-corrected chi connectivity index (χ2v) is 11.5. The summed E-state index contributed by atoms with van der Waals surface area (Å²) >= 11 is 1.36. The number of pyridine rings is 1. The lowest BCUT2D eigenvalue weighted by atomic mass is 9.76. The first kappa shape index (κ1) is 22.9. The van der Waals surface area contributed by atoms with Crippen LogP contribution in [0, 0.1) is 17.6 Å². The summed E-state index contributed by atoms with van der Waals surface area (Å²) in [6.45, 7) is 0. The molecular formula is C29H22F2N4O3S. The summed E-state index contributed by atoms with van der Waals surface area (Å²) < 4.78 is 32.1. The number of hydrogen-bond acceptors (Lipinski definition) is 6. The molecule has 2 aromatic heterocycles. The van der Waals surface area contributed by atoms with E-state index >= 15 is 4.39 Å². The van der Waals surface area contributed by atoms with Gasteiger partial charge in [0.1, 0.15) is 6.17 Å². The Bertz CT molecular complexity index is 1760. The maximum absolute atomic E-state index is 15.8. The Morgan fingerprint density at radius 2 is 1.77 bits per heavy atom. The molecule has 10 heteroatoms. The topological polar surface area (TPSA) is 78.7 Å². The molecule has 0 spiro atoms. The summed E-state index contributed by atoms with van der Waals surface area (Å²) in [6.07, 6.45) is 4.64. The van der Waals surface area contributed by atoms with Crippen LogP contribution in [0.4, 0.5) is 8.78 Å². The van der Waals surface area contributed by atoms with Gasteiger partial charge in [-0.3, -0.25) is 19.3 Å². The van der Waals surface area contributed by atoms with Gasteiger partial charge in [0, 0.05) is 23.9 Å². The Kier molecular flexibility index (Phi) is 4.69. The summed E-state index contributed by atoms with van der Waals surface area (Å²) in [4.78, 5) is 33.5. The van der Waals surface area contributed by atoms with Crippen molar-refractivity contribution in [3.8, 4) is 27.4 Å². The number of piperidine rings is 2. The van der Waals surface area contributed by atoms with Crippen LogP contribution in [0.1, 0.15) is 53.3 Å². The molecular weight excluding hydrogens is 522 g/mol. The third kappa shape index (κ3) is 2.92. The van der Waals surface area contributed by atoms with Crippen LogP contribution in [0.25, 0.3) is 21.7 Å². The maximum atomic E-state index is 15.8. The molecule has 5 heterocycles. The molecule has 2 saturated heterocycles. The van der Waals surface area contributed by atoms with E-state index in [0.29, 0.717) is 11.3 Å². The highest BCUT2D eigenvalue weighted by atomic mass is 32.1. The average molecular weight is 545 g/mol. The number of nitrogens with zero attached hydrogens (tertiary/aromatic N) is 4. The SMILES string of the molecule is O=C1c2c(O)c(=O)ccn2N([C@@H]2c3ccccc3-c3scnc3-c3c2ccc(F)c3F)C2C3CCC(CC3)N12. The fraction of sp³-hybridized carbons (Fsp3) is 0.276. The number of rotatable bonds is 1. The quantitative estimate of drug-likeness (QED) is 0.364. The third-order valence-electron chi connectivity index (χ3n) is 8.84. The Hall–Kier alpha value is -4.05. The first-order valence-corrected chi connectivity index (χ1v) is 13.9. The molecule has 9 rings (SSSR count). The molecule has 196 valence electrons. The van der Waals surface area contributed by atoms with Gasteiger partial charge in [0.05, 0.1) is 22.1 Å². The third-order valence-corrected chi connectivity index (χ3v) is 9.70. The summed E-state index contributed by atoms with van der Waals surface area (Å²) in [7, 11) is 0. The van der Waals surface area contributed by atoms with Gasteiger partial charge in [-0.25, -0.2) is 13.8 Å². The molecule has 39 heavy (non-hydrogen) atoms. The van der Waals surface area contributed by atoms with Gasteiger partial charge in [-0.2, -0.15) is 0 Å². The van der Waals surface area contributed by atoms with E-state index in [2.05, 4.69) is 4.98 Å². The smallest absolute Gasteiger partial charge is 0.278 e. The molecule has 1 saturated carbocycles. The van der Waals surface area contributed by atoms with Crippen molar-refractivity contribution in [3.05, 3.63) is 92.9 Å². The Balaban J connectivity index is 1.49. The zero-order valence-electron chi connectivity index (χ0n) is 20.6. The lowest BCUT2D eigenvalue weighted by Gasteiger charge is -2.59. The van der Waals surface area contributed by atoms with Gasteiger partial charge >= 0.3 is 0 Å². The van der Waals surface area contributed by atoms with Crippen molar-refractivity contribution in [3.63, 3.8) is 0 Å². The molecule has 1 amide bonds. The molecule has 1 unspecified atom stereocenters. The predicted molar refractivity (Wildman–Crippen MR) is 141 cm³/mol. The average Bonchev–Trinajstić information content (AvgIpc) is 3.40. The van der Waals surface area contributed by atoms with Crippen molar-refractivity contribution >= 4 is 17.2 Å². The lowest BCUT2D eigenvalue weighted by Crippen LogP contribution is -2.70. The molecule has 3 aliphatic heterocycles. The summed E-state index contributed by atoms with van der Waals surface area (Å²) in [5.74, 6) is -2.80. The predicted octanol–water partition coefficient (Wildman–Crippen LogP) is 5.02. The van der Waals surface area contributed by atoms with Crippen LogP contribution in [-0.4, -0.2) is 37.8 Å². The van der Waals surface area contributed by atoms with Gasteiger partial charge in [0.2, 0.25) is 5.43 Å². The molecule has 2 aliphatic carbocycles. The zero-order chi connectivity index (χ0) is 26.6. The maximum Gasteiger partial charge on any atom is 0.278 e. The molecule has 5 aliphatic rings. The van der Waals surface area contributed by atoms with Crippen molar-refractivity contribution in [2.24, 2.45) is 5.92 Å². The van der Waals surface area contributed by atoms with E-state index in [4.69, 9.17) is 0 Å². The minimum absolute atomic E-state index is 0.0350. The summed E-state index contributed by atoms with van der Waals surface area (Å²) in [5.41, 5.74) is 3.53. The van der Waals surface area contributed by atoms with Crippen molar-refractivity contribution < 1.29 is 18.7 Å². The second-order valence-electron chi connectivity index (χ2n) is 10.6. The number of thiazole rings is 1. The largest absolute Gasteiger partial charge is 0.502 e. The highest BCUT2D eigenvalue weighted by molar-refractivity contribution is 7.13. The van der Waals surface area contributed by atoms with Crippen molar-refractivity contribution in [1.82, 2.24) is 14.6 Å². The van der Waals surface area contributed by atoms with Crippen LogP contribution in [0.2, 0.25) is 0 Å². The molecule has 2 atom stereocenters. The molecule has 3 fully saturated rings. The Morgan fingerprint density at radius 1 is 0.974 bits per heavy atom. The summed E-state index contributed by atoms with van der Waals surface area (Å²) in [5, 5.41) is 12.9. The van der Waals surface area contributed by atoms with E-state index < -0.39 is 35.0 Å². The number of carbonyl (C=O) groups excluding carboxylic acids is 1. The number of fused-ring (bicyclic) bond motifs is 8. The van der Waals surface area contributed by atoms with Crippen molar-refractivity contribution in [2.45, 2.75) is 43.9 Å². The highest BCUT2D eigenvalue weighted by Crippen LogP contribution is 2.52. The molecule has 4 aromatic rings. The van der Waals surface area contributed by atoms with E-state index in [9.17, 15) is 19.1 Å². The van der Waals surface area contributed by atoms with Crippen LogP contribution >= 0.6 is 11.3 Å². The highest BCUT2D eigenvalue weighted by Gasteiger charge is 2.54. The molecule has 0 radical (unpaired) electrons. The van der Waals surface area contributed by atoms with Crippen LogP contribution in [0.3, 0.4) is 0 Å². The fourth-order valence-electron chi connectivity index (χ4n) is 7.23. The number of amides is 1. The van der Waals surface area contributed by atoms with E-state index in [1.165, 1.54) is 23.6 Å². The Labute approximate surface area is 225 Å². The van der Waals surface area contributed by atoms with Gasteiger partial charge in [0.15, 0.2) is 23.1 Å². The van der Waals surface area contributed by atoms with Gasteiger partial charge in [-0.1, -0.05) is 30.3 Å². The fourth-order valence-corrected chi connectivity index (χ4v) is 8.07. The first-order valence-electron chi connectivity index (χ1n) is 13.0. The summed E-state index contributed by atoms with van der Waals surface area (Å²) in [6, 6.07) is 11.0. The molecule has 1 N–H and O–H groups in total. The van der Waals surface area contributed by atoms with Gasteiger partial charge in [-0.15, -0.1) is 11.3 Å². The second kappa shape index (κ2) is 7.98. The first-order chi connectivity index (χ1) is 19.0. The minimum atomic E-state index is -0.976. The number of aromatic hydroxyl groups is 1. The van der Waals surface area contributed by atoms with Gasteiger partial charge < -0.3 is 10.0 Å². The Morgan fingerprint density at radius 3 is 2.59 bits per heavy atom. The number of aromatic nitrogens is 2. The number of carbonyl (C=O) groups is 1. The van der Waals surface area contributed by atoms with Crippen molar-refractivity contribution in [2.75, 3.05) is 5.01 Å². The van der Waals surface area contributed by atoms with Gasteiger partial charge in [0.25, 0.3) is 5.91 Å². The van der Waals surface area contributed by atoms with Crippen LogP contribution in [-0.2, 0) is 0 Å². The zero-order valence-corrected chi connectivity index (χ0v) is 21.4.